The van der Waals surface area contributed by atoms with E-state index >= 15 is 0 Å². The molecule has 1 fully saturated rings. The van der Waals surface area contributed by atoms with Crippen LogP contribution in [0.4, 0.5) is 0 Å². The van der Waals surface area contributed by atoms with Crippen molar-refractivity contribution in [3.05, 3.63) is 36.0 Å². The molecule has 0 N–H and O–H groups in total. The molecule has 104 valence electrons. The molecule has 0 radical (unpaired) electrons. The van der Waals surface area contributed by atoms with E-state index in [0.29, 0.717) is 0 Å². The third-order valence-electron chi connectivity index (χ3n) is 4.51. The average molecular weight is 269 g/mol. The molecule has 4 heteroatoms. The minimum Gasteiger partial charge on any atom is -0.399 e. The molecule has 3 rings (SSSR count). The lowest BCUT2D eigenvalue weighted by atomic mass is 9.76. The van der Waals surface area contributed by atoms with Crippen molar-refractivity contribution in [2.24, 2.45) is 0 Å². The lowest BCUT2D eigenvalue weighted by Gasteiger charge is -2.32. The molecule has 2 aromatic rings. The molecule has 0 amide bonds. The molecule has 2 heterocycles. The van der Waals surface area contributed by atoms with Gasteiger partial charge in [-0.25, -0.2) is 0 Å². The average Bonchev–Trinajstić information content (AvgIpc) is 2.59. The molecule has 1 saturated heterocycles. The molecule has 0 unspecified atom stereocenters. The van der Waals surface area contributed by atoms with Gasteiger partial charge in [-0.15, -0.1) is 0 Å². The van der Waals surface area contributed by atoms with Crippen molar-refractivity contribution in [3.8, 4) is 0 Å². The molecule has 1 aromatic heterocycles. The van der Waals surface area contributed by atoms with Crippen LogP contribution in [0.3, 0.4) is 0 Å². The number of aryl methyl sites for hydroxylation is 1. The lowest BCUT2D eigenvalue weighted by molar-refractivity contribution is 0.00578. The first kappa shape index (κ1) is 13.6. The van der Waals surface area contributed by atoms with Crippen LogP contribution in [0.1, 0.15) is 33.3 Å². The largest absolute Gasteiger partial charge is 0.495 e. The Kier molecular flexibility index (Phi) is 2.92. The Hall–Kier alpha value is -1.39. The summed E-state index contributed by atoms with van der Waals surface area (Å²) in [5.41, 5.74) is 2.59. The van der Waals surface area contributed by atoms with Gasteiger partial charge in [0.05, 0.1) is 16.7 Å². The minimum absolute atomic E-state index is 0.322. The van der Waals surface area contributed by atoms with Gasteiger partial charge >= 0.3 is 7.12 Å². The summed E-state index contributed by atoms with van der Waals surface area (Å²) in [5, 5.41) is 1.10. The Bertz CT molecular complexity index is 651. The van der Waals surface area contributed by atoms with Crippen molar-refractivity contribution in [3.63, 3.8) is 0 Å². The number of rotatable bonds is 1. The van der Waals surface area contributed by atoms with Crippen LogP contribution in [0.25, 0.3) is 10.9 Å². The fourth-order valence-corrected chi connectivity index (χ4v) is 2.51. The number of hydrogen-bond acceptors (Lipinski definition) is 3. The first-order chi connectivity index (χ1) is 9.32. The normalized spacial score (nSPS) is 20.6. The van der Waals surface area contributed by atoms with E-state index in [1.54, 1.807) is 0 Å². The maximum Gasteiger partial charge on any atom is 0.495 e. The Morgan fingerprint density at radius 2 is 1.65 bits per heavy atom. The maximum atomic E-state index is 6.15. The summed E-state index contributed by atoms with van der Waals surface area (Å²) < 4.78 is 12.3. The molecular formula is C16H20BNO2. The predicted octanol–water partition coefficient (Wildman–Crippen LogP) is 2.84. The fourth-order valence-electron chi connectivity index (χ4n) is 2.51. The van der Waals surface area contributed by atoms with E-state index in [9.17, 15) is 0 Å². The summed E-state index contributed by atoms with van der Waals surface area (Å²) in [6, 6.07) is 8.20. The van der Waals surface area contributed by atoms with Crippen LogP contribution < -0.4 is 5.46 Å². The molecule has 0 atom stereocenters. The van der Waals surface area contributed by atoms with Gasteiger partial charge in [-0.2, -0.15) is 0 Å². The van der Waals surface area contributed by atoms with Crippen LogP contribution in [0, 0.1) is 6.92 Å². The number of benzene rings is 1. The summed E-state index contributed by atoms with van der Waals surface area (Å²) in [6.45, 7) is 10.4. The second-order valence-corrected chi connectivity index (χ2v) is 6.46. The quantitative estimate of drug-likeness (QED) is 0.746. The number of pyridine rings is 1. The number of aromatic nitrogens is 1. The number of hydrogen-bond donors (Lipinski definition) is 0. The summed E-state index contributed by atoms with van der Waals surface area (Å²) in [7, 11) is -0.340. The van der Waals surface area contributed by atoms with Gasteiger partial charge in [0, 0.05) is 11.6 Å². The van der Waals surface area contributed by atoms with E-state index in [0.717, 1.165) is 16.4 Å². The fraction of sp³-hybridized carbons (Fsp3) is 0.438. The van der Waals surface area contributed by atoms with Gasteiger partial charge in [-0.1, -0.05) is 18.2 Å². The molecule has 0 bridgehead atoms. The van der Waals surface area contributed by atoms with Crippen LogP contribution in [-0.4, -0.2) is 23.3 Å². The molecule has 0 spiro atoms. The highest BCUT2D eigenvalue weighted by molar-refractivity contribution is 6.65. The van der Waals surface area contributed by atoms with E-state index in [2.05, 4.69) is 57.8 Å². The van der Waals surface area contributed by atoms with Gasteiger partial charge in [0.1, 0.15) is 0 Å². The van der Waals surface area contributed by atoms with Crippen LogP contribution in [-0.2, 0) is 9.31 Å². The molecule has 1 aliphatic heterocycles. The molecule has 1 aromatic carbocycles. The first-order valence-electron chi connectivity index (χ1n) is 7.02. The SMILES string of the molecule is Cc1ccc(B2OC(C)(C)C(C)(C)O2)c2cccnc12. The Morgan fingerprint density at radius 3 is 2.30 bits per heavy atom. The van der Waals surface area contributed by atoms with E-state index in [4.69, 9.17) is 9.31 Å². The summed E-state index contributed by atoms with van der Waals surface area (Å²) >= 11 is 0. The lowest BCUT2D eigenvalue weighted by Crippen LogP contribution is -2.41. The molecule has 0 aliphatic carbocycles. The number of fused-ring (bicyclic) bond motifs is 1. The van der Waals surface area contributed by atoms with Gasteiger partial charge in [0.15, 0.2) is 0 Å². The summed E-state index contributed by atoms with van der Waals surface area (Å²) in [4.78, 5) is 4.47. The highest BCUT2D eigenvalue weighted by atomic mass is 16.7. The van der Waals surface area contributed by atoms with Crippen LogP contribution in [0.2, 0.25) is 0 Å². The third-order valence-corrected chi connectivity index (χ3v) is 4.51. The number of nitrogens with zero attached hydrogens (tertiary/aromatic N) is 1. The van der Waals surface area contributed by atoms with Gasteiger partial charge in [0.2, 0.25) is 0 Å². The zero-order valence-corrected chi connectivity index (χ0v) is 12.7. The van der Waals surface area contributed by atoms with Crippen molar-refractivity contribution in [1.82, 2.24) is 4.98 Å². The second kappa shape index (κ2) is 4.30. The predicted molar refractivity (Wildman–Crippen MR) is 82.2 cm³/mol. The maximum absolute atomic E-state index is 6.15. The Morgan fingerprint density at radius 1 is 1.00 bits per heavy atom. The minimum atomic E-state index is -0.340. The molecule has 0 saturated carbocycles. The standard InChI is InChI=1S/C16H20BNO2/c1-11-8-9-13(12-7-6-10-18-14(11)12)17-19-15(2,3)16(4,5)20-17/h6-10H,1-5H3. The van der Waals surface area contributed by atoms with Crippen molar-refractivity contribution in [2.45, 2.75) is 45.8 Å². The molecule has 1 aliphatic rings. The van der Waals surface area contributed by atoms with Crippen LogP contribution >= 0.6 is 0 Å². The van der Waals surface area contributed by atoms with Crippen molar-refractivity contribution >= 4 is 23.5 Å². The first-order valence-corrected chi connectivity index (χ1v) is 7.02. The monoisotopic (exact) mass is 269 g/mol. The van der Waals surface area contributed by atoms with Gasteiger partial charge in [0.25, 0.3) is 0 Å². The second-order valence-electron chi connectivity index (χ2n) is 6.46. The van der Waals surface area contributed by atoms with Crippen LogP contribution in [0.15, 0.2) is 30.5 Å². The summed E-state index contributed by atoms with van der Waals surface area (Å²) in [6.07, 6.45) is 1.82. The van der Waals surface area contributed by atoms with Crippen molar-refractivity contribution in [2.75, 3.05) is 0 Å². The smallest absolute Gasteiger partial charge is 0.399 e. The van der Waals surface area contributed by atoms with Gasteiger partial charge in [-0.05, 0) is 51.7 Å². The van der Waals surface area contributed by atoms with Gasteiger partial charge in [-0.3, -0.25) is 4.98 Å². The Balaban J connectivity index is 2.11. The molecular weight excluding hydrogens is 249 g/mol. The highest BCUT2D eigenvalue weighted by Gasteiger charge is 2.52. The van der Waals surface area contributed by atoms with E-state index in [1.165, 1.54) is 5.56 Å². The van der Waals surface area contributed by atoms with E-state index in [-0.39, 0.29) is 18.3 Å². The summed E-state index contributed by atoms with van der Waals surface area (Å²) in [5.74, 6) is 0. The topological polar surface area (TPSA) is 31.4 Å². The zero-order chi connectivity index (χ0) is 14.5. The van der Waals surface area contributed by atoms with Crippen LogP contribution in [0.5, 0.6) is 0 Å². The zero-order valence-electron chi connectivity index (χ0n) is 12.7. The van der Waals surface area contributed by atoms with E-state index < -0.39 is 0 Å². The Labute approximate surface area is 120 Å². The highest BCUT2D eigenvalue weighted by Crippen LogP contribution is 2.37. The van der Waals surface area contributed by atoms with Crippen molar-refractivity contribution in [1.29, 1.82) is 0 Å². The van der Waals surface area contributed by atoms with Gasteiger partial charge < -0.3 is 9.31 Å². The van der Waals surface area contributed by atoms with E-state index in [1.807, 2.05) is 12.3 Å². The third kappa shape index (κ3) is 1.95. The van der Waals surface area contributed by atoms with Crippen molar-refractivity contribution < 1.29 is 9.31 Å². The molecule has 3 nitrogen and oxygen atoms in total. The molecule has 20 heavy (non-hydrogen) atoms.